The second kappa shape index (κ2) is 10.9. The monoisotopic (exact) mass is 528 g/mol. The van der Waals surface area contributed by atoms with Crippen LogP contribution in [0.1, 0.15) is 96.8 Å². The summed E-state index contributed by atoms with van der Waals surface area (Å²) in [4.78, 5) is 25.2. The van der Waals surface area contributed by atoms with Crippen LogP contribution in [-0.2, 0) is 9.53 Å². The van der Waals surface area contributed by atoms with E-state index in [1.54, 1.807) is 29.8 Å². The van der Waals surface area contributed by atoms with Gasteiger partial charge in [0.15, 0.2) is 0 Å². The van der Waals surface area contributed by atoms with Crippen LogP contribution in [0.5, 0.6) is 0 Å². The molecule has 0 amide bonds. The molecule has 4 aliphatic rings. The predicted octanol–water partition coefficient (Wildman–Crippen LogP) is 8.76. The Labute approximate surface area is 236 Å². The number of ether oxygens (including phenoxy) is 1. The molecule has 0 spiro atoms. The zero-order chi connectivity index (χ0) is 27.9. The van der Waals surface area contributed by atoms with Gasteiger partial charge in [-0.15, -0.1) is 0 Å². The number of benzene rings is 1. The lowest BCUT2D eigenvalue weighted by Gasteiger charge is -2.55. The first-order chi connectivity index (χ1) is 18.5. The summed E-state index contributed by atoms with van der Waals surface area (Å²) in [5, 5.41) is 0. The highest BCUT2D eigenvalue weighted by Gasteiger charge is 2.57. The highest BCUT2D eigenvalue weighted by Crippen LogP contribution is 2.66. The third kappa shape index (κ3) is 5.11. The van der Waals surface area contributed by atoms with Crippen molar-refractivity contribution in [1.29, 1.82) is 0 Å². The number of allylic oxidation sites excluding steroid dienone is 5. The Balaban J connectivity index is 1.29. The van der Waals surface area contributed by atoms with Crippen LogP contribution in [-0.4, -0.2) is 17.9 Å². The molecule has 0 heterocycles. The Morgan fingerprint density at radius 3 is 2.36 bits per heavy atom. The smallest absolute Gasteiger partial charge is 0.379 e. The zero-order valence-electron chi connectivity index (χ0n) is 24.9. The van der Waals surface area contributed by atoms with Gasteiger partial charge in [-0.25, -0.2) is 4.79 Å². The lowest BCUT2D eigenvalue weighted by atomic mass is 9.50. The molecular formula is C36H48O3. The number of esters is 1. The summed E-state index contributed by atoms with van der Waals surface area (Å²) in [6.07, 6.45) is 17.3. The van der Waals surface area contributed by atoms with Gasteiger partial charge < -0.3 is 4.74 Å². The molecule has 4 aliphatic carbocycles. The molecule has 3 saturated carbocycles. The van der Waals surface area contributed by atoms with E-state index in [0.29, 0.717) is 40.6 Å². The lowest BCUT2D eigenvalue weighted by molar-refractivity contribution is -0.145. The van der Waals surface area contributed by atoms with Crippen molar-refractivity contribution in [2.75, 3.05) is 0 Å². The normalized spacial score (nSPS) is 35.4. The maximum atomic E-state index is 12.6. The van der Waals surface area contributed by atoms with Gasteiger partial charge in [-0.05, 0) is 84.9 Å². The van der Waals surface area contributed by atoms with Gasteiger partial charge in [0, 0.05) is 12.0 Å². The number of ketones is 1. The van der Waals surface area contributed by atoms with E-state index in [9.17, 15) is 9.59 Å². The molecule has 8 atom stereocenters. The van der Waals surface area contributed by atoms with Crippen molar-refractivity contribution in [2.45, 2.75) is 92.6 Å². The topological polar surface area (TPSA) is 43.4 Å². The summed E-state index contributed by atoms with van der Waals surface area (Å²) < 4.78 is 5.76. The molecule has 210 valence electrons. The zero-order valence-corrected chi connectivity index (χ0v) is 24.9. The lowest BCUT2D eigenvalue weighted by Crippen LogP contribution is -2.47. The highest BCUT2D eigenvalue weighted by atomic mass is 16.5. The Morgan fingerprint density at radius 2 is 1.64 bits per heavy atom. The quantitative estimate of drug-likeness (QED) is 0.154. The molecule has 0 aromatic heterocycles. The van der Waals surface area contributed by atoms with Gasteiger partial charge in [-0.3, -0.25) is 4.79 Å². The second-order valence-corrected chi connectivity index (χ2v) is 13.9. The van der Waals surface area contributed by atoms with E-state index in [1.807, 2.05) is 6.07 Å². The molecule has 1 aromatic rings. The Kier molecular flexibility index (Phi) is 7.83. The maximum Gasteiger partial charge on any atom is 0.379 e. The van der Waals surface area contributed by atoms with Crippen LogP contribution in [0.3, 0.4) is 0 Å². The van der Waals surface area contributed by atoms with E-state index in [2.05, 4.69) is 65.8 Å². The fraction of sp³-hybridized carbons (Fsp3) is 0.611. The molecule has 39 heavy (non-hydrogen) atoms. The number of rotatable bonds is 7. The SMILES string of the molecule is CC(C)[C@@H](C)/C=C/[C@@H](C)[C@@H]1CC[C@@H]2C3=CC=C4C[C@H](OC(=O)C(=O)c5ccccc5)CC[C@]4(C)[C@@H]3CC[C@]21C. The van der Waals surface area contributed by atoms with E-state index in [1.165, 1.54) is 31.3 Å². The molecule has 0 aliphatic heterocycles. The van der Waals surface area contributed by atoms with Crippen molar-refractivity contribution in [3.8, 4) is 0 Å². The largest absolute Gasteiger partial charge is 0.456 e. The molecule has 0 unspecified atom stereocenters. The molecule has 3 heteroatoms. The summed E-state index contributed by atoms with van der Waals surface area (Å²) in [7, 11) is 0. The van der Waals surface area contributed by atoms with Gasteiger partial charge >= 0.3 is 5.97 Å². The number of carbonyl (C=O) groups is 2. The fourth-order valence-corrected chi connectivity index (χ4v) is 8.59. The first kappa shape index (κ1) is 28.1. The number of carbonyl (C=O) groups excluding carboxylic acids is 2. The van der Waals surface area contributed by atoms with E-state index in [0.717, 1.165) is 25.2 Å². The summed E-state index contributed by atoms with van der Waals surface area (Å²) >= 11 is 0. The summed E-state index contributed by atoms with van der Waals surface area (Å²) in [6, 6.07) is 8.73. The van der Waals surface area contributed by atoms with Crippen molar-refractivity contribution in [3.63, 3.8) is 0 Å². The first-order valence-electron chi connectivity index (χ1n) is 15.4. The Morgan fingerprint density at radius 1 is 0.897 bits per heavy atom. The number of hydrogen-bond acceptors (Lipinski definition) is 3. The average molecular weight is 529 g/mol. The number of Topliss-reactive ketones (excluding diaryl/α,β-unsaturated/α-hetero) is 1. The minimum absolute atomic E-state index is 0.133. The highest BCUT2D eigenvalue weighted by molar-refractivity contribution is 6.40. The average Bonchev–Trinajstić information content (AvgIpc) is 3.29. The minimum Gasteiger partial charge on any atom is -0.456 e. The van der Waals surface area contributed by atoms with Crippen molar-refractivity contribution < 1.29 is 14.3 Å². The van der Waals surface area contributed by atoms with E-state index < -0.39 is 11.8 Å². The second-order valence-electron chi connectivity index (χ2n) is 13.9. The molecule has 0 N–H and O–H groups in total. The van der Waals surface area contributed by atoms with Gasteiger partial charge in [0.05, 0.1) is 0 Å². The number of hydrogen-bond donors (Lipinski definition) is 0. The number of fused-ring (bicyclic) bond motifs is 5. The Hall–Kier alpha value is -2.42. The van der Waals surface area contributed by atoms with Crippen LogP contribution >= 0.6 is 0 Å². The molecule has 0 saturated heterocycles. The van der Waals surface area contributed by atoms with Gasteiger partial charge in [0.2, 0.25) is 0 Å². The molecule has 0 radical (unpaired) electrons. The van der Waals surface area contributed by atoms with Gasteiger partial charge in [-0.2, -0.15) is 0 Å². The van der Waals surface area contributed by atoms with Crippen molar-refractivity contribution in [2.24, 2.45) is 46.3 Å². The molecular weight excluding hydrogens is 480 g/mol. The fourth-order valence-electron chi connectivity index (χ4n) is 8.59. The van der Waals surface area contributed by atoms with Gasteiger partial charge in [0.25, 0.3) is 5.78 Å². The van der Waals surface area contributed by atoms with Crippen molar-refractivity contribution in [1.82, 2.24) is 0 Å². The van der Waals surface area contributed by atoms with Crippen molar-refractivity contribution >= 4 is 11.8 Å². The van der Waals surface area contributed by atoms with E-state index in [4.69, 9.17) is 4.74 Å². The molecule has 3 nitrogen and oxygen atoms in total. The van der Waals surface area contributed by atoms with Crippen LogP contribution in [0.2, 0.25) is 0 Å². The third-order valence-electron chi connectivity index (χ3n) is 11.5. The molecule has 1 aromatic carbocycles. The predicted molar refractivity (Wildman–Crippen MR) is 158 cm³/mol. The third-order valence-corrected chi connectivity index (χ3v) is 11.5. The Bertz CT molecular complexity index is 1170. The summed E-state index contributed by atoms with van der Waals surface area (Å²) in [5.41, 5.74) is 4.00. The van der Waals surface area contributed by atoms with E-state index in [-0.39, 0.29) is 11.5 Å². The van der Waals surface area contributed by atoms with Crippen LogP contribution in [0.4, 0.5) is 0 Å². The van der Waals surface area contributed by atoms with Crippen LogP contribution < -0.4 is 0 Å². The van der Waals surface area contributed by atoms with Crippen LogP contribution in [0.25, 0.3) is 0 Å². The molecule has 3 fully saturated rings. The van der Waals surface area contributed by atoms with E-state index >= 15 is 0 Å². The van der Waals surface area contributed by atoms with Gasteiger partial charge in [-0.1, -0.05) is 107 Å². The first-order valence-corrected chi connectivity index (χ1v) is 15.4. The standard InChI is InChI=1S/C36H48O3/c1-23(2)24(3)12-13-25(4)30-16-17-31-29-15-14-27-22-28(39-34(38)33(37)26-10-8-7-9-11-26)18-20-35(27,5)32(29)19-21-36(30,31)6/h7-15,23-25,28,30-32H,16-22H2,1-6H3/b13-12+/t24-,25+,28+,30-,31+,32+,35-,36-/m0/s1. The summed E-state index contributed by atoms with van der Waals surface area (Å²) in [6.45, 7) is 14.5. The van der Waals surface area contributed by atoms with Crippen LogP contribution in [0.15, 0.2) is 65.8 Å². The molecule has 0 bridgehead atoms. The minimum atomic E-state index is -0.723. The molecule has 5 rings (SSSR count). The maximum absolute atomic E-state index is 12.6. The van der Waals surface area contributed by atoms with Crippen LogP contribution in [0, 0.1) is 46.3 Å². The van der Waals surface area contributed by atoms with Crippen molar-refractivity contribution in [3.05, 3.63) is 71.3 Å². The summed E-state index contributed by atoms with van der Waals surface area (Å²) in [5.74, 6) is 2.67. The van der Waals surface area contributed by atoms with Gasteiger partial charge in [0.1, 0.15) is 6.10 Å².